The Bertz CT molecular complexity index is 996. The highest BCUT2D eigenvalue weighted by Gasteiger charge is 2.31. The summed E-state index contributed by atoms with van der Waals surface area (Å²) in [7, 11) is -1.62. The van der Waals surface area contributed by atoms with Gasteiger partial charge in [0.1, 0.15) is 29.2 Å². The summed E-state index contributed by atoms with van der Waals surface area (Å²) in [5.41, 5.74) is 0.382. The Morgan fingerprint density at radius 3 is 2.53 bits per heavy atom. The van der Waals surface area contributed by atoms with Gasteiger partial charge >= 0.3 is 6.18 Å². The molecule has 1 saturated heterocycles. The molecule has 2 aromatic rings. The van der Waals surface area contributed by atoms with E-state index in [9.17, 15) is 26.6 Å². The van der Waals surface area contributed by atoms with Gasteiger partial charge in [-0.25, -0.2) is 8.60 Å². The molecule has 2 unspecified atom stereocenters. The topological polar surface area (TPSA) is 58.6 Å². The van der Waals surface area contributed by atoms with E-state index in [0.29, 0.717) is 30.0 Å². The van der Waals surface area contributed by atoms with Crippen molar-refractivity contribution in [2.45, 2.75) is 38.4 Å². The summed E-state index contributed by atoms with van der Waals surface area (Å²) in [6.07, 6.45) is -0.983. The van der Waals surface area contributed by atoms with Crippen molar-refractivity contribution in [3.63, 3.8) is 0 Å². The van der Waals surface area contributed by atoms with Crippen LogP contribution in [0.25, 0.3) is 0 Å². The molecule has 1 amide bonds. The minimum Gasteiger partial charge on any atom is -0.491 e. The van der Waals surface area contributed by atoms with Crippen molar-refractivity contribution in [1.82, 2.24) is 4.72 Å². The van der Waals surface area contributed by atoms with Gasteiger partial charge in [-0.2, -0.15) is 13.2 Å². The van der Waals surface area contributed by atoms with Crippen molar-refractivity contribution >= 4 is 22.6 Å². The van der Waals surface area contributed by atoms with E-state index in [1.807, 2.05) is 11.8 Å². The number of aryl methyl sites for hydroxylation is 1. The van der Waals surface area contributed by atoms with E-state index in [1.54, 1.807) is 0 Å². The van der Waals surface area contributed by atoms with E-state index in [-0.39, 0.29) is 18.2 Å². The molecule has 10 heteroatoms. The maximum atomic E-state index is 14.5. The Balaban J connectivity index is 1.73. The molecular formula is C22H24F4N2O3S. The number of hydrogen-bond acceptors (Lipinski definition) is 4. The monoisotopic (exact) mass is 472 g/mol. The maximum Gasteiger partial charge on any atom is 0.416 e. The van der Waals surface area contributed by atoms with Gasteiger partial charge in [-0.05, 0) is 55.2 Å². The number of hydrogen-bond donors (Lipinski definition) is 1. The van der Waals surface area contributed by atoms with E-state index < -0.39 is 34.4 Å². The first-order chi connectivity index (χ1) is 15.1. The maximum absolute atomic E-state index is 14.5. The number of alkyl halides is 3. The smallest absolute Gasteiger partial charge is 0.416 e. The number of nitrogens with zero attached hydrogens (tertiary/aromatic N) is 1. The minimum atomic E-state index is -4.39. The normalized spacial score (nSPS) is 17.3. The molecule has 1 aliphatic heterocycles. The quantitative estimate of drug-likeness (QED) is 0.604. The zero-order valence-corrected chi connectivity index (χ0v) is 18.5. The van der Waals surface area contributed by atoms with Gasteiger partial charge in [0.25, 0.3) is 5.91 Å². The molecule has 1 fully saturated rings. The molecule has 1 N–H and O–H groups in total. The number of carbonyl (C=O) groups excluding carboxylic acids is 1. The second-order valence-electron chi connectivity index (χ2n) is 7.52. The molecule has 1 heterocycles. The second-order valence-corrected chi connectivity index (χ2v) is 8.64. The van der Waals surface area contributed by atoms with Gasteiger partial charge in [0.15, 0.2) is 0 Å². The van der Waals surface area contributed by atoms with Gasteiger partial charge in [0, 0.05) is 24.6 Å². The lowest BCUT2D eigenvalue weighted by Gasteiger charge is -2.27. The molecule has 0 bridgehead atoms. The number of benzene rings is 2. The van der Waals surface area contributed by atoms with Crippen molar-refractivity contribution in [2.75, 3.05) is 24.3 Å². The summed E-state index contributed by atoms with van der Waals surface area (Å²) >= 11 is 0. The highest BCUT2D eigenvalue weighted by molar-refractivity contribution is 7.82. The average Bonchev–Trinajstić information content (AvgIpc) is 3.19. The number of amides is 1. The van der Waals surface area contributed by atoms with Crippen LogP contribution in [0.2, 0.25) is 0 Å². The lowest BCUT2D eigenvalue weighted by Crippen LogP contribution is -2.34. The summed E-state index contributed by atoms with van der Waals surface area (Å²) in [6.45, 7) is 2.74. The third-order valence-electron chi connectivity index (χ3n) is 5.35. The van der Waals surface area contributed by atoms with Crippen molar-refractivity contribution in [3.05, 3.63) is 58.9 Å². The first-order valence-electron chi connectivity index (χ1n) is 10.1. The lowest BCUT2D eigenvalue weighted by molar-refractivity contribution is -0.137. The van der Waals surface area contributed by atoms with E-state index in [4.69, 9.17) is 4.74 Å². The number of nitrogens with one attached hydrogen (secondary N) is 1. The molecule has 174 valence electrons. The van der Waals surface area contributed by atoms with Crippen LogP contribution in [0.15, 0.2) is 36.4 Å². The van der Waals surface area contributed by atoms with Gasteiger partial charge in [-0.3, -0.25) is 9.52 Å². The predicted molar refractivity (Wildman–Crippen MR) is 115 cm³/mol. The summed E-state index contributed by atoms with van der Waals surface area (Å²) in [5, 5.41) is 0. The van der Waals surface area contributed by atoms with Crippen LogP contribution < -0.4 is 14.4 Å². The SMILES string of the molecule is CCc1cc(C(=O)NS(C)=O)c(F)cc1OCC1CCCN1c1ccc(C(F)(F)F)cc1. The van der Waals surface area contributed by atoms with Crippen molar-refractivity contribution in [3.8, 4) is 5.75 Å². The Kier molecular flexibility index (Phi) is 7.43. The number of halogens is 4. The Morgan fingerprint density at radius 2 is 1.94 bits per heavy atom. The average molecular weight is 473 g/mol. The van der Waals surface area contributed by atoms with Crippen LogP contribution in [-0.4, -0.2) is 35.6 Å². The van der Waals surface area contributed by atoms with E-state index in [0.717, 1.165) is 31.0 Å². The first kappa shape index (κ1) is 24.0. The summed E-state index contributed by atoms with van der Waals surface area (Å²) in [6, 6.07) is 7.46. The molecule has 0 aliphatic carbocycles. The third kappa shape index (κ3) is 5.59. The van der Waals surface area contributed by atoms with Crippen LogP contribution in [0.3, 0.4) is 0 Å². The third-order valence-corrected chi connectivity index (χ3v) is 5.82. The molecular weight excluding hydrogens is 448 g/mol. The zero-order valence-electron chi connectivity index (χ0n) is 17.7. The fraction of sp³-hybridized carbons (Fsp3) is 0.409. The second kappa shape index (κ2) is 9.89. The molecule has 0 aromatic heterocycles. The summed E-state index contributed by atoms with van der Waals surface area (Å²) in [4.78, 5) is 14.0. The van der Waals surface area contributed by atoms with Crippen LogP contribution in [0.5, 0.6) is 5.75 Å². The largest absolute Gasteiger partial charge is 0.491 e. The summed E-state index contributed by atoms with van der Waals surface area (Å²) < 4.78 is 72.2. The van der Waals surface area contributed by atoms with Crippen LogP contribution >= 0.6 is 0 Å². The molecule has 2 atom stereocenters. The van der Waals surface area contributed by atoms with Gasteiger partial charge < -0.3 is 9.64 Å². The van der Waals surface area contributed by atoms with E-state index >= 15 is 0 Å². The Labute approximate surface area is 186 Å². The molecule has 0 saturated carbocycles. The van der Waals surface area contributed by atoms with Gasteiger partial charge in [-0.1, -0.05) is 6.92 Å². The molecule has 5 nitrogen and oxygen atoms in total. The molecule has 2 aromatic carbocycles. The Hall–Kier alpha value is -2.62. The van der Waals surface area contributed by atoms with Crippen LogP contribution in [-0.2, 0) is 23.6 Å². The fourth-order valence-electron chi connectivity index (χ4n) is 3.75. The van der Waals surface area contributed by atoms with E-state index in [1.165, 1.54) is 24.5 Å². The van der Waals surface area contributed by atoms with Crippen LogP contribution in [0, 0.1) is 5.82 Å². The van der Waals surface area contributed by atoms with Crippen LogP contribution in [0.1, 0.15) is 41.3 Å². The summed E-state index contributed by atoms with van der Waals surface area (Å²) in [5.74, 6) is -1.25. The molecule has 32 heavy (non-hydrogen) atoms. The number of anilines is 1. The Morgan fingerprint density at radius 1 is 1.25 bits per heavy atom. The predicted octanol–water partition coefficient (Wildman–Crippen LogP) is 4.48. The van der Waals surface area contributed by atoms with Gasteiger partial charge in [0.2, 0.25) is 0 Å². The zero-order chi connectivity index (χ0) is 23.5. The van der Waals surface area contributed by atoms with Crippen molar-refractivity contribution in [1.29, 1.82) is 0 Å². The van der Waals surface area contributed by atoms with Gasteiger partial charge in [0.05, 0.1) is 17.2 Å². The number of carbonyl (C=O) groups is 1. The van der Waals surface area contributed by atoms with Gasteiger partial charge in [-0.15, -0.1) is 0 Å². The van der Waals surface area contributed by atoms with Crippen molar-refractivity contribution < 1.29 is 31.3 Å². The fourth-order valence-corrected chi connectivity index (χ4v) is 4.12. The molecule has 3 rings (SSSR count). The molecule has 0 radical (unpaired) electrons. The highest BCUT2D eigenvalue weighted by atomic mass is 32.2. The van der Waals surface area contributed by atoms with Crippen LogP contribution in [0.4, 0.5) is 23.2 Å². The minimum absolute atomic E-state index is 0.0787. The molecule has 1 aliphatic rings. The number of ether oxygens (including phenoxy) is 1. The van der Waals surface area contributed by atoms with Crippen molar-refractivity contribution in [2.24, 2.45) is 0 Å². The lowest BCUT2D eigenvalue weighted by atomic mass is 10.1. The molecule has 0 spiro atoms. The highest BCUT2D eigenvalue weighted by Crippen LogP contribution is 2.33. The number of rotatable bonds is 7. The standard InChI is InChI=1S/C22H24F4N2O3S/c1-3-14-11-18(21(29)27-32(2)30)19(23)12-20(14)31-13-17-5-4-10-28(17)16-8-6-15(7-9-16)22(24,25)26/h6-9,11-12,17H,3-5,10,13H2,1-2H3,(H,27,29). The van der Waals surface area contributed by atoms with E-state index in [2.05, 4.69) is 4.72 Å². The first-order valence-corrected chi connectivity index (χ1v) is 11.7.